The average Bonchev–Trinajstić information content (AvgIpc) is 1.57. The maximum absolute atomic E-state index is 2.81. The van der Waals surface area contributed by atoms with Crippen LogP contribution in [-0.4, -0.2) is 24.6 Å². The summed E-state index contributed by atoms with van der Waals surface area (Å²) in [5, 5.41) is 14.8. The Bertz CT molecular complexity index is 8720. The first-order chi connectivity index (χ1) is 66.7. The molecule has 0 saturated heterocycles. The number of hydrogen-bond donors (Lipinski definition) is 0. The highest BCUT2D eigenvalue weighted by Crippen LogP contribution is 2.58. The molecule has 0 unspecified atom stereocenters. The minimum absolute atomic E-state index is 0.0931. The third kappa shape index (κ3) is 12.8. The molecule has 0 N–H and O–H groups in total. The number of nitrogens with zero attached hydrogens (tertiary/aromatic N) is 6. The second-order valence-electron chi connectivity index (χ2n) is 46.1. The molecule has 0 fully saturated rings. The van der Waals surface area contributed by atoms with Crippen LogP contribution in [0.3, 0.4) is 0 Å². The number of rotatable bonds is 9. The zero-order valence-corrected chi connectivity index (χ0v) is 82.8. The quantitative estimate of drug-likeness (QED) is 0.135. The van der Waals surface area contributed by atoms with Crippen LogP contribution in [0.2, 0.25) is 0 Å². The normalized spacial score (nSPS) is 13.5. The number of aromatic nitrogens is 4. The molecule has 26 rings (SSSR count). The summed E-state index contributed by atoms with van der Waals surface area (Å²) in [6.07, 6.45) is 0. The zero-order chi connectivity index (χ0) is 95.1. The van der Waals surface area contributed by atoms with E-state index in [9.17, 15) is 0 Å². The minimum Gasteiger partial charge on any atom is -0.310 e. The molecule has 0 spiro atoms. The second kappa shape index (κ2) is 29.7. The first-order valence-corrected chi connectivity index (χ1v) is 49.9. The molecule has 6 aromatic heterocycles. The van der Waals surface area contributed by atoms with Crippen LogP contribution in [0, 0.1) is 0 Å². The van der Waals surface area contributed by atoms with Crippen LogP contribution in [0.5, 0.6) is 0 Å². The lowest BCUT2D eigenvalue weighted by molar-refractivity contribution is 0.590. The van der Waals surface area contributed by atoms with Crippen molar-refractivity contribution in [1.82, 2.24) is 17.9 Å². The van der Waals surface area contributed by atoms with E-state index in [4.69, 9.17) is 0 Å². The smallest absolute Gasteiger partial charge is 0.252 e. The Morgan fingerprint density at radius 3 is 0.784 bits per heavy atom. The van der Waals surface area contributed by atoms with Gasteiger partial charge in [0, 0.05) is 121 Å². The first-order valence-electron chi connectivity index (χ1n) is 49.9. The van der Waals surface area contributed by atoms with Gasteiger partial charge in [-0.3, -0.25) is 0 Å². The minimum atomic E-state index is -0.359. The van der Waals surface area contributed by atoms with Crippen LogP contribution >= 0.6 is 0 Å². The van der Waals surface area contributed by atoms with E-state index in [-0.39, 0.29) is 39.2 Å². The average molecular weight is 1790 g/mol. The SMILES string of the molecule is CC(C)(C)c1ccc(-c2cccc(-c3ccc(C(C)(C)C)cc3)c2N2c3cc(-n4c5ccc(C(C)(C)C)cc5c5cc(C(C)(C)C)ccc54)ccc3B3c4ccc(-n5c6ccc(C(C)(C)C)cc6c6cc(C(C)(C)C)ccc65)cc4N(c4c(-c5cc6c7ccccc7n7c8ccccc8c(c5)c67)cccc4-c4cc5c6ccccc6n6c7ccccc7c(c4)c56)c4cc(-c5ccccc5)cc2c43)cc1. The molecule has 7 heteroatoms. The maximum atomic E-state index is 2.81. The van der Waals surface area contributed by atoms with Gasteiger partial charge in [-0.15, -0.1) is 0 Å². The predicted molar refractivity (Wildman–Crippen MR) is 598 cm³/mol. The molecule has 24 aromatic rings. The molecule has 0 radical (unpaired) electrons. The Hall–Kier alpha value is -15.2. The van der Waals surface area contributed by atoms with Crippen LogP contribution in [0.4, 0.5) is 34.1 Å². The van der Waals surface area contributed by atoms with E-state index in [2.05, 4.69) is 510 Å². The molecule has 0 bridgehead atoms. The van der Waals surface area contributed by atoms with Gasteiger partial charge in [0.25, 0.3) is 6.71 Å². The van der Waals surface area contributed by atoms with Gasteiger partial charge in [0.1, 0.15) is 0 Å². The van der Waals surface area contributed by atoms with Crippen LogP contribution in [0.1, 0.15) is 158 Å². The summed E-state index contributed by atoms with van der Waals surface area (Å²) in [6.45, 7) is 41.8. The van der Waals surface area contributed by atoms with E-state index in [1.54, 1.807) is 0 Å². The topological polar surface area (TPSA) is 25.2 Å². The summed E-state index contributed by atoms with van der Waals surface area (Å²) in [5.41, 5.74) is 42.8. The van der Waals surface area contributed by atoms with Gasteiger partial charge >= 0.3 is 0 Å². The summed E-state index contributed by atoms with van der Waals surface area (Å²) < 4.78 is 10.3. The molecule has 0 atom stereocenters. The van der Waals surface area contributed by atoms with Gasteiger partial charge in [-0.05, 0) is 249 Å². The molecule has 0 saturated carbocycles. The van der Waals surface area contributed by atoms with Crippen LogP contribution < -0.4 is 26.2 Å². The largest absolute Gasteiger partial charge is 0.310 e. The molecule has 8 heterocycles. The Labute approximate surface area is 814 Å². The lowest BCUT2D eigenvalue weighted by atomic mass is 9.33. The van der Waals surface area contributed by atoms with Gasteiger partial charge in [-0.1, -0.05) is 349 Å². The van der Waals surface area contributed by atoms with Crippen molar-refractivity contribution in [3.05, 3.63) is 391 Å². The monoisotopic (exact) mass is 1790 g/mol. The molecule has 6 nitrogen and oxygen atoms in total. The number of fused-ring (bicyclic) bond motifs is 22. The summed E-state index contributed by atoms with van der Waals surface area (Å²) in [4.78, 5) is 5.59. The summed E-state index contributed by atoms with van der Waals surface area (Å²) in [5.74, 6) is 0. The standard InChI is InChI=1S/C132H113BN6/c1-127(2,3)84-50-46-79(47-51-84)92-38-30-39-93(80-48-52-85(53-49-80)128(4,5)6)123(92)138-118-76-90(134-114-62-54-86(129(7,8)9)72-100(114)101-73-87(130(10,11)12)55-63-115(101)134)58-60-108(118)133-109-61-59-91(135-116-64-56-88(131(13,14)15)74-102(116)103-75-89(132(16,17)18)57-65-117(103)135)77-119(109)139(121-71-81(70-120(138)122(121)133)78-32-20-19-21-33-78)124-94(82-66-104-96-34-22-26-42-110(96)136-111-43-27-23-35-97(111)105(67-82)125(104)136)40-31-41-95(124)83-68-106-98-36-24-28-44-112(98)137-113-45-29-25-37-99(113)107(69-83)126(106)137/h19-77H,1-18H3. The summed E-state index contributed by atoms with van der Waals surface area (Å²) >= 11 is 0. The van der Waals surface area contributed by atoms with Crippen molar-refractivity contribution in [2.24, 2.45) is 0 Å². The highest BCUT2D eigenvalue weighted by Gasteiger charge is 2.47. The lowest BCUT2D eigenvalue weighted by Crippen LogP contribution is -2.61. The van der Waals surface area contributed by atoms with Crippen molar-refractivity contribution in [3.8, 4) is 67.0 Å². The van der Waals surface area contributed by atoms with E-state index < -0.39 is 0 Å². The van der Waals surface area contributed by atoms with Crippen molar-refractivity contribution in [3.63, 3.8) is 0 Å². The maximum Gasteiger partial charge on any atom is 0.252 e. The van der Waals surface area contributed by atoms with Gasteiger partial charge in [0.2, 0.25) is 0 Å². The fourth-order valence-electron chi connectivity index (χ4n) is 24.0. The van der Waals surface area contributed by atoms with Crippen molar-refractivity contribution >= 4 is 177 Å². The number of anilines is 6. The van der Waals surface area contributed by atoms with Gasteiger partial charge in [-0.25, -0.2) is 0 Å². The molecule has 18 aromatic carbocycles. The molecular weight excluding hydrogens is 1680 g/mol. The Balaban J connectivity index is 0.850. The van der Waals surface area contributed by atoms with E-state index in [1.807, 2.05) is 0 Å². The number of para-hydroxylation sites is 6. The molecule has 674 valence electrons. The van der Waals surface area contributed by atoms with Gasteiger partial charge in [-0.2, -0.15) is 0 Å². The van der Waals surface area contributed by atoms with Gasteiger partial charge < -0.3 is 27.7 Å². The van der Waals surface area contributed by atoms with E-state index >= 15 is 0 Å². The third-order valence-corrected chi connectivity index (χ3v) is 31.3. The fraction of sp³-hybridized carbons (Fsp3) is 0.182. The van der Waals surface area contributed by atoms with Crippen molar-refractivity contribution in [1.29, 1.82) is 0 Å². The molecule has 0 aliphatic carbocycles. The fourth-order valence-corrected chi connectivity index (χ4v) is 24.0. The molecule has 139 heavy (non-hydrogen) atoms. The Morgan fingerprint density at radius 1 is 0.187 bits per heavy atom. The van der Waals surface area contributed by atoms with Crippen LogP contribution in [0.25, 0.3) is 187 Å². The summed E-state index contributed by atoms with van der Waals surface area (Å²) in [7, 11) is 0. The first kappa shape index (κ1) is 84.3. The van der Waals surface area contributed by atoms with Gasteiger partial charge in [0.15, 0.2) is 0 Å². The van der Waals surface area contributed by atoms with Crippen LogP contribution in [-0.2, 0) is 32.5 Å². The van der Waals surface area contributed by atoms with E-state index in [1.165, 1.54) is 170 Å². The van der Waals surface area contributed by atoms with Crippen LogP contribution in [0.15, 0.2) is 358 Å². The molecule has 2 aliphatic rings. The van der Waals surface area contributed by atoms with Crippen molar-refractivity contribution in [2.75, 3.05) is 9.80 Å². The molecule has 0 amide bonds. The van der Waals surface area contributed by atoms with Crippen molar-refractivity contribution in [2.45, 2.75) is 157 Å². The molecule has 2 aliphatic heterocycles. The second-order valence-corrected chi connectivity index (χ2v) is 46.1. The van der Waals surface area contributed by atoms with E-state index in [0.717, 1.165) is 101 Å². The van der Waals surface area contributed by atoms with E-state index in [0.29, 0.717) is 0 Å². The predicted octanol–water partition coefficient (Wildman–Crippen LogP) is 34.4. The Kier molecular flexibility index (Phi) is 18.0. The lowest BCUT2D eigenvalue weighted by Gasteiger charge is -2.46. The number of hydrogen-bond acceptors (Lipinski definition) is 2. The highest BCUT2D eigenvalue weighted by atomic mass is 15.2. The third-order valence-electron chi connectivity index (χ3n) is 31.3. The number of benzene rings is 18. The summed E-state index contributed by atoms with van der Waals surface area (Å²) in [6, 6.07) is 141. The highest BCUT2D eigenvalue weighted by molar-refractivity contribution is 7.00. The van der Waals surface area contributed by atoms with Gasteiger partial charge in [0.05, 0.1) is 66.5 Å². The zero-order valence-electron chi connectivity index (χ0n) is 82.8. The molecular formula is C132H113BN6. The Morgan fingerprint density at radius 2 is 0.475 bits per heavy atom. The van der Waals surface area contributed by atoms with Crippen molar-refractivity contribution < 1.29 is 0 Å².